The predicted molar refractivity (Wildman–Crippen MR) is 242 cm³/mol. The van der Waals surface area contributed by atoms with E-state index in [0.29, 0.717) is 23.9 Å². The number of carbonyl (C=O) groups excluding carboxylic acids is 1. The van der Waals surface area contributed by atoms with E-state index in [1.165, 1.54) is 22.4 Å². The summed E-state index contributed by atoms with van der Waals surface area (Å²) in [6.45, 7) is 9.18. The number of imidazole rings is 1. The molecule has 7 aromatic rings. The maximum Gasteiger partial charge on any atom is 0.255 e. The number of nitrogens with zero attached hydrogens (tertiary/aromatic N) is 2. The van der Waals surface area contributed by atoms with E-state index in [9.17, 15) is 4.79 Å². The molecule has 6 aromatic carbocycles. The van der Waals surface area contributed by atoms with E-state index >= 15 is 0 Å². The number of aromatic nitrogens is 2. The molecule has 3 N–H and O–H groups in total. The summed E-state index contributed by atoms with van der Waals surface area (Å²) in [5, 5.41) is 3.14. The lowest BCUT2D eigenvalue weighted by Gasteiger charge is -2.20. The summed E-state index contributed by atoms with van der Waals surface area (Å²) >= 11 is 0. The number of amides is 1. The van der Waals surface area contributed by atoms with Gasteiger partial charge >= 0.3 is 0 Å². The van der Waals surface area contributed by atoms with Crippen LogP contribution in [0.15, 0.2) is 170 Å². The van der Waals surface area contributed by atoms with Gasteiger partial charge in [0.05, 0.1) is 11.4 Å². The molecule has 0 fully saturated rings. The highest BCUT2D eigenvalue weighted by Gasteiger charge is 2.18. The number of rotatable bonds is 11. The second-order valence-corrected chi connectivity index (χ2v) is 14.0. The van der Waals surface area contributed by atoms with Crippen LogP contribution >= 0.6 is 0 Å². The minimum atomic E-state index is -0.236. The van der Waals surface area contributed by atoms with Crippen molar-refractivity contribution in [2.75, 3.05) is 26.1 Å². The van der Waals surface area contributed by atoms with Crippen molar-refractivity contribution < 1.29 is 14.3 Å². The number of anilines is 1. The van der Waals surface area contributed by atoms with E-state index in [-0.39, 0.29) is 19.6 Å². The summed E-state index contributed by atoms with van der Waals surface area (Å²) in [4.78, 5) is 17.3. The van der Waals surface area contributed by atoms with Gasteiger partial charge in [0.15, 0.2) is 6.29 Å². The molecule has 0 radical (unpaired) electrons. The second kappa shape index (κ2) is 22.6. The molecule has 1 amide bonds. The van der Waals surface area contributed by atoms with Gasteiger partial charge in [0.1, 0.15) is 5.82 Å². The van der Waals surface area contributed by atoms with Gasteiger partial charge in [-0.15, -0.1) is 0 Å². The van der Waals surface area contributed by atoms with Crippen LogP contribution in [0.2, 0.25) is 0 Å². The van der Waals surface area contributed by atoms with Gasteiger partial charge in [-0.3, -0.25) is 9.36 Å². The van der Waals surface area contributed by atoms with Gasteiger partial charge in [-0.05, 0) is 46.2 Å². The van der Waals surface area contributed by atoms with Crippen molar-refractivity contribution in [2.24, 2.45) is 5.73 Å². The first-order valence-electron chi connectivity index (χ1n) is 19.3. The Morgan fingerprint density at radius 2 is 1.09 bits per heavy atom. The van der Waals surface area contributed by atoms with E-state index < -0.39 is 0 Å². The maximum atomic E-state index is 12.7. The molecule has 1 heterocycles. The largest absolute Gasteiger partial charge is 0.355 e. The number of carbonyl (C=O) groups is 1. The highest BCUT2D eigenvalue weighted by molar-refractivity contribution is 6.07. The zero-order chi connectivity index (χ0) is 40.6. The van der Waals surface area contributed by atoms with E-state index in [0.717, 1.165) is 33.8 Å². The molecule has 0 saturated heterocycles. The molecule has 0 bridgehead atoms. The van der Waals surface area contributed by atoms with Crippen molar-refractivity contribution in [1.82, 2.24) is 9.55 Å². The van der Waals surface area contributed by atoms with Gasteiger partial charge in [0, 0.05) is 55.4 Å². The fourth-order valence-electron chi connectivity index (χ4n) is 6.54. The normalized spacial score (nSPS) is 10.6. The van der Waals surface area contributed by atoms with Crippen LogP contribution in [-0.4, -0.2) is 42.5 Å². The number of benzene rings is 6. The summed E-state index contributed by atoms with van der Waals surface area (Å²) in [6, 6.07) is 53.2. The first-order valence-corrected chi connectivity index (χ1v) is 19.3. The summed E-state index contributed by atoms with van der Waals surface area (Å²) < 4.78 is 11.6. The van der Waals surface area contributed by atoms with Crippen molar-refractivity contribution >= 4 is 11.6 Å². The molecule has 0 atom stereocenters. The lowest BCUT2D eigenvalue weighted by Crippen LogP contribution is -2.23. The number of hydrogen-bond donors (Lipinski definition) is 2. The van der Waals surface area contributed by atoms with E-state index in [1.807, 2.05) is 60.8 Å². The van der Waals surface area contributed by atoms with E-state index in [2.05, 4.69) is 152 Å². The Morgan fingerprint density at radius 1 is 0.621 bits per heavy atom. The summed E-state index contributed by atoms with van der Waals surface area (Å²) in [7, 11) is 3.11. The molecule has 0 saturated carbocycles. The molecule has 0 spiro atoms. The second-order valence-electron chi connectivity index (χ2n) is 14.0. The van der Waals surface area contributed by atoms with Gasteiger partial charge in [0.25, 0.3) is 5.91 Å². The van der Waals surface area contributed by atoms with Crippen LogP contribution in [0, 0.1) is 0 Å². The maximum absolute atomic E-state index is 12.7. The molecule has 7 nitrogen and oxygen atoms in total. The number of para-hydroxylation sites is 2. The molecule has 7 rings (SSSR count). The van der Waals surface area contributed by atoms with Gasteiger partial charge in [-0.25, -0.2) is 4.98 Å². The average Bonchev–Trinajstić information content (AvgIpc) is 3.76. The highest BCUT2D eigenvalue weighted by atomic mass is 16.7. The zero-order valence-corrected chi connectivity index (χ0v) is 33.8. The zero-order valence-electron chi connectivity index (χ0n) is 33.8. The topological polar surface area (TPSA) is 91.4 Å². The highest BCUT2D eigenvalue weighted by Crippen LogP contribution is 2.37. The van der Waals surface area contributed by atoms with Crippen molar-refractivity contribution in [1.29, 1.82) is 0 Å². The van der Waals surface area contributed by atoms with E-state index in [4.69, 9.17) is 15.2 Å². The van der Waals surface area contributed by atoms with Crippen LogP contribution in [0.25, 0.3) is 39.3 Å². The van der Waals surface area contributed by atoms with Crippen LogP contribution in [-0.2, 0) is 9.47 Å². The molecule has 0 aliphatic carbocycles. The Balaban J connectivity index is 0.000000218. The molecule has 0 unspecified atom stereocenters. The lowest BCUT2D eigenvalue weighted by atomic mass is 9.94. The third-order valence-electron chi connectivity index (χ3n) is 9.48. The summed E-state index contributed by atoms with van der Waals surface area (Å²) in [5.74, 6) is 1.62. The summed E-state index contributed by atoms with van der Waals surface area (Å²) in [5.41, 5.74) is 16.1. The smallest absolute Gasteiger partial charge is 0.255 e. The number of nitrogens with one attached hydrogen (secondary N) is 1. The Kier molecular flexibility index (Phi) is 17.4. The van der Waals surface area contributed by atoms with Crippen molar-refractivity contribution in [3.8, 4) is 39.3 Å². The molecular weight excluding hydrogens is 717 g/mol. The Bertz CT molecular complexity index is 2250. The van der Waals surface area contributed by atoms with E-state index in [1.54, 1.807) is 14.2 Å². The predicted octanol–water partition coefficient (Wildman–Crippen LogP) is 12.3. The van der Waals surface area contributed by atoms with Crippen molar-refractivity contribution in [3.63, 3.8) is 0 Å². The SMILES string of the molecule is C.CC(C)c1cccc(-c2ccccc2)c1-n1ccnc1-c1ccccc1.CC(C)c1cccc(-c2ccccc2)c1NC(=O)c1ccccc1.COC(CN)OC. The minimum absolute atomic E-state index is 0. The monoisotopic (exact) mass is 774 g/mol. The van der Waals surface area contributed by atoms with Crippen LogP contribution in [0.3, 0.4) is 0 Å². The van der Waals surface area contributed by atoms with Crippen LogP contribution < -0.4 is 11.1 Å². The third-order valence-corrected chi connectivity index (χ3v) is 9.48. The van der Waals surface area contributed by atoms with Crippen molar-refractivity contribution in [3.05, 3.63) is 187 Å². The third kappa shape index (κ3) is 11.5. The first-order chi connectivity index (χ1) is 27.8. The fraction of sp³-hybridized carbons (Fsp3) is 0.216. The molecule has 58 heavy (non-hydrogen) atoms. The molecule has 0 aliphatic rings. The number of methoxy groups -OCH3 is 2. The van der Waals surface area contributed by atoms with Gasteiger partial charge in [-0.1, -0.05) is 181 Å². The van der Waals surface area contributed by atoms with Crippen molar-refractivity contribution in [2.45, 2.75) is 53.2 Å². The Hall–Kier alpha value is -6.12. The first kappa shape index (κ1) is 44.6. The minimum Gasteiger partial charge on any atom is -0.355 e. The molecule has 0 aliphatic heterocycles. The molecule has 1 aromatic heterocycles. The van der Waals surface area contributed by atoms with Crippen LogP contribution in [0.4, 0.5) is 5.69 Å². The Labute approximate surface area is 345 Å². The van der Waals surface area contributed by atoms with Gasteiger partial charge in [-0.2, -0.15) is 0 Å². The molecule has 300 valence electrons. The van der Waals surface area contributed by atoms with Crippen LogP contribution in [0.5, 0.6) is 0 Å². The molecule has 7 heteroatoms. The van der Waals surface area contributed by atoms with Gasteiger partial charge in [0.2, 0.25) is 0 Å². The molecular formula is C51H58N4O3. The van der Waals surface area contributed by atoms with Gasteiger partial charge < -0.3 is 20.5 Å². The average molecular weight is 775 g/mol. The Morgan fingerprint density at radius 3 is 1.57 bits per heavy atom. The standard InChI is InChI=1S/C24H22N2.C22H21NO.C4H11NO2.CH4/c1-18(2)21-14-9-15-22(19-10-5-3-6-11-19)23(21)26-17-16-25-24(26)20-12-7-4-8-13-20;1-16(2)19-14-9-15-20(17-10-5-3-6-11-17)21(19)23-22(24)18-12-7-4-8-13-18;1-6-4(3-5)7-2;/h3-18H,1-2H3;3-16H,1-2H3,(H,23,24);4H,3,5H2,1-2H3;1H4. The number of nitrogens with two attached hydrogens (primary N) is 1. The summed E-state index contributed by atoms with van der Waals surface area (Å²) in [6.07, 6.45) is 3.71. The number of ether oxygens (including phenoxy) is 2. The lowest BCUT2D eigenvalue weighted by molar-refractivity contribution is -0.0940. The fourth-order valence-corrected chi connectivity index (χ4v) is 6.54. The number of hydrogen-bond acceptors (Lipinski definition) is 5. The van der Waals surface area contributed by atoms with Crippen LogP contribution in [0.1, 0.15) is 68.4 Å². The quantitative estimate of drug-likeness (QED) is 0.128.